The van der Waals surface area contributed by atoms with E-state index >= 15 is 0 Å². The summed E-state index contributed by atoms with van der Waals surface area (Å²) in [7, 11) is 0. The molecule has 114 valence electrons. The monoisotopic (exact) mass is 391 g/mol. The molecule has 0 amide bonds. The van der Waals surface area contributed by atoms with Crippen LogP contribution in [0.3, 0.4) is 0 Å². The molecule has 1 aromatic carbocycles. The highest BCUT2D eigenvalue weighted by atomic mass is 79.9. The summed E-state index contributed by atoms with van der Waals surface area (Å²) in [4.78, 5) is 15.3. The fourth-order valence-corrected chi connectivity index (χ4v) is 3.25. The van der Waals surface area contributed by atoms with Crippen LogP contribution >= 0.6 is 39.1 Å². The third kappa shape index (κ3) is 5.86. The maximum Gasteiger partial charge on any atom is 0.306 e. The van der Waals surface area contributed by atoms with Crippen molar-refractivity contribution in [3.8, 4) is 0 Å². The average Bonchev–Trinajstić information content (AvgIpc) is 2.29. The van der Waals surface area contributed by atoms with Gasteiger partial charge in [0, 0.05) is 10.9 Å². The van der Waals surface area contributed by atoms with E-state index in [0.29, 0.717) is 22.0 Å². The molecule has 0 heterocycles. The molecule has 0 saturated heterocycles. The molecule has 0 N–H and O–H groups in total. The molecule has 1 atom stereocenters. The summed E-state index contributed by atoms with van der Waals surface area (Å²) in [5, 5.41) is 0.833. The molecule has 0 aliphatic carbocycles. The van der Waals surface area contributed by atoms with E-state index in [9.17, 15) is 4.79 Å². The molecule has 0 aliphatic rings. The second kappa shape index (κ2) is 7.49. The number of rotatable bonds is 4. The van der Waals surface area contributed by atoms with Crippen LogP contribution in [0.5, 0.6) is 0 Å². The topological polar surface area (TPSA) is 30.7 Å². The molecular weight excluding hydrogens is 377 g/mol. The summed E-state index contributed by atoms with van der Waals surface area (Å²) in [5.41, 5.74) is 0.0255. The van der Waals surface area contributed by atoms with Gasteiger partial charge < -0.3 is 9.58 Å². The van der Waals surface area contributed by atoms with Gasteiger partial charge in [-0.25, -0.2) is 6.57 Å². The van der Waals surface area contributed by atoms with Crippen molar-refractivity contribution in [1.82, 2.24) is 0 Å². The third-order valence-corrected chi connectivity index (χ3v) is 3.66. The van der Waals surface area contributed by atoms with E-state index in [1.807, 2.05) is 0 Å². The highest BCUT2D eigenvalue weighted by Gasteiger charge is 2.25. The second-order valence-corrected chi connectivity index (χ2v) is 7.28. The lowest BCUT2D eigenvalue weighted by molar-refractivity contribution is -0.154. The SMILES string of the molecule is [C-]#[N+]C(CCC(=O)OC(C)(C)C)c1c(Cl)cc(Br)cc1Cl. The number of esters is 1. The molecule has 0 spiro atoms. The predicted octanol–water partition coefficient (Wildman–Crippen LogP) is 5.84. The largest absolute Gasteiger partial charge is 0.460 e. The van der Waals surface area contributed by atoms with Crippen molar-refractivity contribution in [2.75, 3.05) is 0 Å². The van der Waals surface area contributed by atoms with Crippen molar-refractivity contribution >= 4 is 45.1 Å². The van der Waals surface area contributed by atoms with Gasteiger partial charge >= 0.3 is 5.97 Å². The van der Waals surface area contributed by atoms with Gasteiger partial charge in [0.15, 0.2) is 0 Å². The molecule has 0 aliphatic heterocycles. The lowest BCUT2D eigenvalue weighted by Crippen LogP contribution is -2.23. The number of halogens is 3. The summed E-state index contributed by atoms with van der Waals surface area (Å²) < 4.78 is 5.98. The van der Waals surface area contributed by atoms with Gasteiger partial charge in [0.25, 0.3) is 6.04 Å². The Morgan fingerprint density at radius 3 is 2.33 bits per heavy atom. The van der Waals surface area contributed by atoms with Crippen molar-refractivity contribution in [3.63, 3.8) is 0 Å². The van der Waals surface area contributed by atoms with Crippen LogP contribution in [0.15, 0.2) is 16.6 Å². The highest BCUT2D eigenvalue weighted by molar-refractivity contribution is 9.10. The molecule has 1 aromatic rings. The van der Waals surface area contributed by atoms with Gasteiger partial charge in [-0.2, -0.15) is 0 Å². The lowest BCUT2D eigenvalue weighted by atomic mass is 10.0. The first kappa shape index (κ1) is 18.3. The molecule has 0 fully saturated rings. The van der Waals surface area contributed by atoms with Crippen LogP contribution in [0.4, 0.5) is 0 Å². The Morgan fingerprint density at radius 2 is 1.90 bits per heavy atom. The third-order valence-electron chi connectivity index (χ3n) is 2.57. The zero-order chi connectivity index (χ0) is 16.2. The lowest BCUT2D eigenvalue weighted by Gasteiger charge is -2.19. The van der Waals surface area contributed by atoms with Crippen LogP contribution in [0.1, 0.15) is 45.2 Å². The van der Waals surface area contributed by atoms with Gasteiger partial charge in [0.1, 0.15) is 5.60 Å². The van der Waals surface area contributed by atoms with Gasteiger partial charge in [0.05, 0.1) is 22.0 Å². The molecule has 0 bridgehead atoms. The zero-order valence-electron chi connectivity index (χ0n) is 12.0. The Bertz CT molecular complexity index is 553. The molecule has 3 nitrogen and oxygen atoms in total. The fourth-order valence-electron chi connectivity index (χ4n) is 1.79. The van der Waals surface area contributed by atoms with E-state index in [4.69, 9.17) is 34.5 Å². The minimum atomic E-state index is -0.564. The number of carbonyl (C=O) groups excluding carboxylic acids is 1. The van der Waals surface area contributed by atoms with Crippen molar-refractivity contribution < 1.29 is 9.53 Å². The van der Waals surface area contributed by atoms with E-state index < -0.39 is 11.6 Å². The molecule has 0 aromatic heterocycles. The molecule has 21 heavy (non-hydrogen) atoms. The van der Waals surface area contributed by atoms with Gasteiger partial charge in [0.2, 0.25) is 0 Å². The first-order valence-electron chi connectivity index (χ1n) is 6.37. The fraction of sp³-hybridized carbons (Fsp3) is 0.467. The van der Waals surface area contributed by atoms with Crippen molar-refractivity contribution in [1.29, 1.82) is 0 Å². The van der Waals surface area contributed by atoms with E-state index in [1.165, 1.54) is 0 Å². The zero-order valence-corrected chi connectivity index (χ0v) is 15.1. The van der Waals surface area contributed by atoms with E-state index in [1.54, 1.807) is 32.9 Å². The van der Waals surface area contributed by atoms with Crippen LogP contribution < -0.4 is 0 Å². The van der Waals surface area contributed by atoms with E-state index in [-0.39, 0.29) is 12.4 Å². The number of nitrogens with zero attached hydrogens (tertiary/aromatic N) is 1. The Kier molecular flexibility index (Phi) is 6.52. The quantitative estimate of drug-likeness (QED) is 0.476. The minimum absolute atomic E-state index is 0.146. The van der Waals surface area contributed by atoms with Crippen LogP contribution in [0.25, 0.3) is 4.85 Å². The molecule has 1 unspecified atom stereocenters. The second-order valence-electron chi connectivity index (χ2n) is 5.55. The Hall–Kier alpha value is -0.760. The summed E-state index contributed by atoms with van der Waals surface area (Å²) in [6, 6.07) is 2.81. The van der Waals surface area contributed by atoms with Crippen molar-refractivity contribution in [2.24, 2.45) is 0 Å². The van der Waals surface area contributed by atoms with Gasteiger partial charge in [-0.1, -0.05) is 39.1 Å². The average molecular weight is 393 g/mol. The number of ether oxygens (including phenoxy) is 1. The summed E-state index contributed by atoms with van der Waals surface area (Å²) >= 11 is 15.6. The van der Waals surface area contributed by atoms with Gasteiger partial charge in [-0.05, 0) is 32.9 Å². The number of carbonyl (C=O) groups is 1. The Labute approximate surface area is 143 Å². The summed E-state index contributed by atoms with van der Waals surface area (Å²) in [6.45, 7) is 12.7. The number of hydrogen-bond donors (Lipinski definition) is 0. The highest BCUT2D eigenvalue weighted by Crippen LogP contribution is 2.37. The van der Waals surface area contributed by atoms with Gasteiger partial charge in [-0.15, -0.1) is 0 Å². The first-order chi connectivity index (χ1) is 9.64. The van der Waals surface area contributed by atoms with E-state index in [0.717, 1.165) is 4.47 Å². The van der Waals surface area contributed by atoms with Crippen LogP contribution in [-0.4, -0.2) is 11.6 Å². The minimum Gasteiger partial charge on any atom is -0.460 e. The van der Waals surface area contributed by atoms with Gasteiger partial charge in [-0.3, -0.25) is 4.79 Å². The summed E-state index contributed by atoms with van der Waals surface area (Å²) in [6.07, 6.45) is 0.465. The molecule has 0 radical (unpaired) electrons. The number of benzene rings is 1. The van der Waals surface area contributed by atoms with Crippen LogP contribution in [-0.2, 0) is 9.53 Å². The predicted molar refractivity (Wildman–Crippen MR) is 88.6 cm³/mol. The Balaban J connectivity index is 2.82. The van der Waals surface area contributed by atoms with Crippen LogP contribution in [0.2, 0.25) is 10.0 Å². The number of hydrogen-bond acceptors (Lipinski definition) is 2. The smallest absolute Gasteiger partial charge is 0.306 e. The molecule has 1 rings (SSSR count). The Morgan fingerprint density at radius 1 is 1.38 bits per heavy atom. The van der Waals surface area contributed by atoms with Crippen molar-refractivity contribution in [2.45, 2.75) is 45.3 Å². The van der Waals surface area contributed by atoms with E-state index in [2.05, 4.69) is 20.8 Å². The van der Waals surface area contributed by atoms with Crippen molar-refractivity contribution in [3.05, 3.63) is 43.6 Å². The standard InChI is InChI=1S/C15H16BrCl2NO2/c1-15(2,3)21-13(20)6-5-12(19-4)14-10(17)7-9(16)8-11(14)18/h7-8,12H,5-6H2,1-3H3. The first-order valence-corrected chi connectivity index (χ1v) is 7.92. The molecule has 6 heteroatoms. The summed E-state index contributed by atoms with van der Waals surface area (Å²) in [5.74, 6) is -0.333. The maximum absolute atomic E-state index is 11.7. The molecular formula is C15H16BrCl2NO2. The van der Waals surface area contributed by atoms with Crippen LogP contribution in [0, 0.1) is 6.57 Å². The normalized spacial score (nSPS) is 12.6. The maximum atomic E-state index is 11.7. The molecule has 0 saturated carbocycles.